The van der Waals surface area contributed by atoms with Gasteiger partial charge >= 0.3 is 0 Å². The second kappa shape index (κ2) is 10.3. The number of ketones is 1. The third kappa shape index (κ3) is 4.86. The first-order valence-corrected chi connectivity index (χ1v) is 12.1. The van der Waals surface area contributed by atoms with E-state index in [9.17, 15) is 14.4 Å². The molecule has 184 valence electrons. The van der Waals surface area contributed by atoms with Gasteiger partial charge in [-0.15, -0.1) is 0 Å². The number of nitrogens with one attached hydrogen (secondary N) is 1. The molecule has 2 atom stereocenters. The molecule has 0 spiro atoms. The Balaban J connectivity index is 1.72. The first kappa shape index (κ1) is 24.3. The highest BCUT2D eigenvalue weighted by Crippen LogP contribution is 2.35. The number of Topliss-reactive ketones (excluding diaryl/α,β-unsaturated/α-hetero) is 1. The fourth-order valence-corrected chi connectivity index (χ4v) is 4.78. The summed E-state index contributed by atoms with van der Waals surface area (Å²) in [6, 6.07) is 18.6. The van der Waals surface area contributed by atoms with Gasteiger partial charge in [0, 0.05) is 41.3 Å². The molecule has 7 nitrogen and oxygen atoms in total. The Kier molecular flexibility index (Phi) is 6.79. The summed E-state index contributed by atoms with van der Waals surface area (Å²) in [6.07, 6.45) is 4.90. The molecule has 1 aliphatic heterocycles. The van der Waals surface area contributed by atoms with Crippen LogP contribution in [0, 0.1) is 6.92 Å². The number of carbonyl (C=O) groups is 3. The van der Waals surface area contributed by atoms with Crippen molar-refractivity contribution in [3.05, 3.63) is 124 Å². The highest BCUT2D eigenvalue weighted by molar-refractivity contribution is 6.31. The van der Waals surface area contributed by atoms with Crippen LogP contribution in [-0.4, -0.2) is 38.5 Å². The fourth-order valence-electron chi connectivity index (χ4n) is 4.61. The van der Waals surface area contributed by atoms with Crippen molar-refractivity contribution in [3.8, 4) is 0 Å². The number of nitrogens with zero attached hydrogens (tertiary/aromatic N) is 3. The summed E-state index contributed by atoms with van der Waals surface area (Å²) in [5.41, 5.74) is 2.86. The van der Waals surface area contributed by atoms with Crippen LogP contribution in [0.5, 0.6) is 0 Å². The van der Waals surface area contributed by atoms with Crippen LogP contribution in [0.3, 0.4) is 0 Å². The summed E-state index contributed by atoms with van der Waals surface area (Å²) in [5, 5.41) is 3.23. The molecular weight excluding hydrogens is 488 g/mol. The normalized spacial score (nSPS) is 15.9. The maximum atomic E-state index is 14.2. The Hall–Kier alpha value is -4.36. The van der Waals surface area contributed by atoms with Crippen LogP contribution in [-0.2, 0) is 11.2 Å². The number of anilines is 1. The van der Waals surface area contributed by atoms with Gasteiger partial charge in [0.1, 0.15) is 12.1 Å². The average molecular weight is 511 g/mol. The van der Waals surface area contributed by atoms with E-state index >= 15 is 0 Å². The third-order valence-corrected chi connectivity index (χ3v) is 6.63. The Labute approximate surface area is 219 Å². The molecule has 2 amide bonds. The second-order valence-corrected chi connectivity index (χ2v) is 9.24. The number of aryl methyl sites for hydroxylation is 1. The van der Waals surface area contributed by atoms with Crippen LogP contribution in [0.2, 0.25) is 5.02 Å². The minimum atomic E-state index is -1.07. The molecule has 4 aromatic rings. The van der Waals surface area contributed by atoms with E-state index < -0.39 is 23.9 Å². The summed E-state index contributed by atoms with van der Waals surface area (Å²) in [7, 11) is 0. The zero-order valence-electron chi connectivity index (χ0n) is 20.0. The van der Waals surface area contributed by atoms with Crippen LogP contribution in [0.1, 0.15) is 43.6 Å². The minimum absolute atomic E-state index is 0.117. The highest BCUT2D eigenvalue weighted by Gasteiger charge is 2.43. The molecule has 0 saturated carbocycles. The summed E-state index contributed by atoms with van der Waals surface area (Å²) >= 11 is 6.19. The molecule has 0 fully saturated rings. The van der Waals surface area contributed by atoms with E-state index in [1.807, 2.05) is 12.1 Å². The van der Waals surface area contributed by atoms with Gasteiger partial charge in [-0.25, -0.2) is 0 Å². The molecule has 5 rings (SSSR count). The number of benzene rings is 2. The van der Waals surface area contributed by atoms with Gasteiger partial charge in [0.25, 0.3) is 5.91 Å². The smallest absolute Gasteiger partial charge is 0.257 e. The van der Waals surface area contributed by atoms with Crippen LogP contribution in [0.15, 0.2) is 91.4 Å². The van der Waals surface area contributed by atoms with Gasteiger partial charge in [0.05, 0.1) is 11.3 Å². The zero-order chi connectivity index (χ0) is 25.9. The van der Waals surface area contributed by atoms with E-state index in [1.165, 1.54) is 4.90 Å². The average Bonchev–Trinajstić information content (AvgIpc) is 3.00. The van der Waals surface area contributed by atoms with E-state index in [4.69, 9.17) is 11.6 Å². The molecule has 2 aromatic carbocycles. The van der Waals surface area contributed by atoms with Crippen LogP contribution in [0.4, 0.5) is 5.69 Å². The number of halogens is 1. The van der Waals surface area contributed by atoms with Gasteiger partial charge in [0.2, 0.25) is 5.91 Å². The van der Waals surface area contributed by atoms with Crippen LogP contribution >= 0.6 is 11.6 Å². The zero-order valence-corrected chi connectivity index (χ0v) is 20.7. The molecular formula is C29H23ClN4O3. The van der Waals surface area contributed by atoms with Gasteiger partial charge in [-0.1, -0.05) is 48.0 Å². The van der Waals surface area contributed by atoms with Crippen molar-refractivity contribution in [2.45, 2.75) is 25.4 Å². The molecule has 0 radical (unpaired) electrons. The fraction of sp³-hybridized carbons (Fsp3) is 0.138. The lowest BCUT2D eigenvalue weighted by molar-refractivity contribution is -0.120. The summed E-state index contributed by atoms with van der Waals surface area (Å²) in [4.78, 5) is 52.0. The number of pyridine rings is 2. The third-order valence-electron chi connectivity index (χ3n) is 6.40. The molecule has 1 N–H and O–H groups in total. The quantitative estimate of drug-likeness (QED) is 0.366. The van der Waals surface area contributed by atoms with E-state index in [1.54, 1.807) is 86.2 Å². The molecule has 8 heteroatoms. The van der Waals surface area contributed by atoms with Gasteiger partial charge in [0.15, 0.2) is 5.78 Å². The Bertz CT molecular complexity index is 1480. The Morgan fingerprint density at radius 3 is 2.54 bits per heavy atom. The summed E-state index contributed by atoms with van der Waals surface area (Å²) in [6.45, 7) is 1.79. The molecule has 0 bridgehead atoms. The molecule has 37 heavy (non-hydrogen) atoms. The lowest BCUT2D eigenvalue weighted by Gasteiger charge is -2.35. The first-order chi connectivity index (χ1) is 17.9. The number of carbonyl (C=O) groups excluding carboxylic acids is 3. The predicted molar refractivity (Wildman–Crippen MR) is 140 cm³/mol. The standard InChI is InChI=1S/C29H23ClN4O3/c1-18-17-31-14-12-22(18)27(35)26(19-7-3-2-4-8-19)34-25(16-21-9-5-6-13-32-21)28(36)33-24-15-20(30)10-11-23(24)29(34)37/h2-15,17,25-26H,16H2,1H3,(H,33,36)/t25-,26?/m1/s1. The maximum Gasteiger partial charge on any atom is 0.257 e. The maximum absolute atomic E-state index is 14.2. The van der Waals surface area contributed by atoms with E-state index in [2.05, 4.69) is 15.3 Å². The van der Waals surface area contributed by atoms with E-state index in [-0.39, 0.29) is 17.8 Å². The van der Waals surface area contributed by atoms with Gasteiger partial charge in [-0.2, -0.15) is 0 Å². The molecule has 1 aliphatic rings. The summed E-state index contributed by atoms with van der Waals surface area (Å²) in [5.74, 6) is -1.20. The van der Waals surface area contributed by atoms with E-state index in [0.29, 0.717) is 33.1 Å². The number of aromatic nitrogens is 2. The van der Waals surface area contributed by atoms with Crippen LogP contribution < -0.4 is 5.32 Å². The van der Waals surface area contributed by atoms with Gasteiger partial charge in [-0.05, 0) is 54.4 Å². The van der Waals surface area contributed by atoms with Crippen molar-refractivity contribution in [1.29, 1.82) is 0 Å². The van der Waals surface area contributed by atoms with Crippen molar-refractivity contribution in [1.82, 2.24) is 14.9 Å². The molecule has 3 heterocycles. The Morgan fingerprint density at radius 1 is 1.03 bits per heavy atom. The lowest BCUT2D eigenvalue weighted by Crippen LogP contribution is -2.50. The number of rotatable bonds is 6. The van der Waals surface area contributed by atoms with Crippen molar-refractivity contribution < 1.29 is 14.4 Å². The molecule has 0 aliphatic carbocycles. The predicted octanol–water partition coefficient (Wildman–Crippen LogP) is 5.07. The number of amides is 2. The number of fused-ring (bicyclic) bond motifs is 1. The highest BCUT2D eigenvalue weighted by atomic mass is 35.5. The molecule has 0 saturated heterocycles. The first-order valence-electron chi connectivity index (χ1n) is 11.8. The van der Waals surface area contributed by atoms with Crippen molar-refractivity contribution in [3.63, 3.8) is 0 Å². The summed E-state index contributed by atoms with van der Waals surface area (Å²) < 4.78 is 0. The number of hydrogen-bond acceptors (Lipinski definition) is 5. The Morgan fingerprint density at radius 2 is 1.81 bits per heavy atom. The SMILES string of the molecule is Cc1cnccc1C(=O)C(c1ccccc1)N1C(=O)c2ccc(Cl)cc2NC(=O)[C@H]1Cc1ccccn1. The lowest BCUT2D eigenvalue weighted by atomic mass is 9.91. The largest absolute Gasteiger partial charge is 0.323 e. The topological polar surface area (TPSA) is 92.3 Å². The molecule has 2 aromatic heterocycles. The monoisotopic (exact) mass is 510 g/mol. The van der Waals surface area contributed by atoms with Gasteiger partial charge < -0.3 is 10.2 Å². The van der Waals surface area contributed by atoms with E-state index in [0.717, 1.165) is 0 Å². The number of hydrogen-bond donors (Lipinski definition) is 1. The van der Waals surface area contributed by atoms with Crippen molar-refractivity contribution in [2.75, 3.05) is 5.32 Å². The second-order valence-electron chi connectivity index (χ2n) is 8.80. The molecule has 1 unspecified atom stereocenters. The van der Waals surface area contributed by atoms with Crippen LogP contribution in [0.25, 0.3) is 0 Å². The minimum Gasteiger partial charge on any atom is -0.323 e. The van der Waals surface area contributed by atoms with Crippen molar-refractivity contribution >= 4 is 34.9 Å². The van der Waals surface area contributed by atoms with Gasteiger partial charge in [-0.3, -0.25) is 24.4 Å². The van der Waals surface area contributed by atoms with Crippen molar-refractivity contribution in [2.24, 2.45) is 0 Å².